The first-order valence-corrected chi connectivity index (χ1v) is 5.04. The number of hydrogen-bond donors (Lipinski definition) is 0. The molecule has 2 aromatic rings. The summed E-state index contributed by atoms with van der Waals surface area (Å²) in [4.78, 5) is 17.8. The number of carbonyl (C=O) groups excluding carboxylic acids is 1. The molecule has 0 N–H and O–H groups in total. The minimum atomic E-state index is -0.500. The van der Waals surface area contributed by atoms with E-state index in [9.17, 15) is 0 Å². The zero-order valence-corrected chi connectivity index (χ0v) is 13.0. The van der Waals surface area contributed by atoms with Gasteiger partial charge in [0.25, 0.3) is 0 Å². The minimum absolute atomic E-state index is 0. The molecule has 0 saturated heterocycles. The van der Waals surface area contributed by atoms with Crippen molar-refractivity contribution in [1.29, 1.82) is 0 Å². The van der Waals surface area contributed by atoms with Gasteiger partial charge in [-0.05, 0) is 30.0 Å². The van der Waals surface area contributed by atoms with E-state index < -0.39 is 6.47 Å². The molecule has 0 aliphatic rings. The molecule has 0 saturated carbocycles. The molecule has 0 bridgehead atoms. The topological polar surface area (TPSA) is 65.9 Å². The maximum absolute atomic E-state index is 8.25. The van der Waals surface area contributed by atoms with Gasteiger partial charge in [0.05, 0.1) is 4.88 Å². The van der Waals surface area contributed by atoms with Crippen LogP contribution in [0, 0.1) is 6.92 Å². The molecule has 78 valence electrons. The Morgan fingerprint density at radius 1 is 1.38 bits per heavy atom. The van der Waals surface area contributed by atoms with Crippen molar-refractivity contribution in [3.8, 4) is 10.7 Å². The Labute approximate surface area is 140 Å². The summed E-state index contributed by atoms with van der Waals surface area (Å²) < 4.78 is 0. The predicted molar refractivity (Wildman–Crippen MR) is 56.1 cm³/mol. The average Bonchev–Trinajstić information content (AvgIpc) is 2.67. The van der Waals surface area contributed by atoms with Crippen LogP contribution in [0.3, 0.4) is 0 Å². The van der Waals surface area contributed by atoms with Crippen LogP contribution in [0.15, 0.2) is 29.9 Å². The van der Waals surface area contributed by atoms with Crippen molar-refractivity contribution in [3.05, 3.63) is 35.5 Å². The molecule has 0 unspecified atom stereocenters. The molecule has 0 atom stereocenters. The molecule has 0 fully saturated rings. The molecule has 6 heteroatoms. The Morgan fingerprint density at radius 3 is 2.38 bits per heavy atom. The van der Waals surface area contributed by atoms with Crippen molar-refractivity contribution in [3.63, 3.8) is 0 Å². The third-order valence-electron chi connectivity index (χ3n) is 1.63. The van der Waals surface area contributed by atoms with Gasteiger partial charge in [0.1, 0.15) is 0 Å². The van der Waals surface area contributed by atoms with Crippen LogP contribution in [-0.4, -0.2) is 16.4 Å². The van der Waals surface area contributed by atoms with E-state index in [-0.39, 0.29) is 51.4 Å². The Hall–Kier alpha value is -0.114. The summed E-state index contributed by atoms with van der Waals surface area (Å²) in [5.74, 6) is 0.824. The maximum atomic E-state index is 8.25. The molecule has 0 radical (unpaired) electrons. The summed E-state index contributed by atoms with van der Waals surface area (Å²) >= 11 is 1.68. The van der Waals surface area contributed by atoms with Crippen LogP contribution in [0.4, 0.5) is 0 Å². The van der Waals surface area contributed by atoms with E-state index in [1.807, 2.05) is 6.07 Å². The van der Waals surface area contributed by atoms with Crippen LogP contribution in [-0.2, 0) is 4.79 Å². The fraction of sp³-hybridized carbons (Fsp3) is 0.100. The van der Waals surface area contributed by atoms with Gasteiger partial charge >= 0.3 is 51.4 Å². The summed E-state index contributed by atoms with van der Waals surface area (Å²) in [7, 11) is 0. The fourth-order valence-corrected chi connectivity index (χ4v) is 1.89. The average molecular weight is 260 g/mol. The molecule has 16 heavy (non-hydrogen) atoms. The van der Waals surface area contributed by atoms with E-state index in [0.717, 1.165) is 10.7 Å². The monoisotopic (exact) mass is 260 g/mol. The number of nitrogens with zero attached hydrogens (tertiary/aromatic N) is 2. The molecule has 0 spiro atoms. The summed E-state index contributed by atoms with van der Waals surface area (Å²) in [6.07, 6.45) is 3.53. The second kappa shape index (κ2) is 8.97. The number of aromatic nitrogens is 2. The van der Waals surface area contributed by atoms with E-state index in [1.165, 1.54) is 5.56 Å². The van der Waals surface area contributed by atoms with E-state index in [4.69, 9.17) is 9.90 Å². The van der Waals surface area contributed by atoms with Crippen molar-refractivity contribution in [2.24, 2.45) is 0 Å². The van der Waals surface area contributed by atoms with Gasteiger partial charge in [-0.1, -0.05) is 0 Å². The van der Waals surface area contributed by atoms with Crippen LogP contribution in [0.2, 0.25) is 0 Å². The second-order valence-corrected chi connectivity index (χ2v) is 3.52. The Balaban J connectivity index is 0.000000511. The summed E-state index contributed by atoms with van der Waals surface area (Å²) in [6.45, 7) is 1.57. The molecule has 4 nitrogen and oxygen atoms in total. The van der Waals surface area contributed by atoms with Gasteiger partial charge in [-0.3, -0.25) is 0 Å². The van der Waals surface area contributed by atoms with Crippen molar-refractivity contribution < 1.29 is 61.3 Å². The molecule has 2 aromatic heterocycles. The van der Waals surface area contributed by atoms with Crippen LogP contribution in [0.5, 0.6) is 0 Å². The Morgan fingerprint density at radius 2 is 1.94 bits per heavy atom. The van der Waals surface area contributed by atoms with E-state index >= 15 is 0 Å². The number of thiophene rings is 1. The summed E-state index contributed by atoms with van der Waals surface area (Å²) in [5, 5.41) is 10.3. The number of rotatable bonds is 1. The third-order valence-corrected chi connectivity index (χ3v) is 2.64. The van der Waals surface area contributed by atoms with Crippen molar-refractivity contribution >= 4 is 17.8 Å². The van der Waals surface area contributed by atoms with Crippen LogP contribution >= 0.6 is 11.3 Å². The molecule has 0 aromatic carbocycles. The quantitative estimate of drug-likeness (QED) is 0.434. The smallest absolute Gasteiger partial charge is 0.554 e. The first kappa shape index (κ1) is 15.9. The number of carboxylic acid groups (broad SMARTS) is 1. The van der Waals surface area contributed by atoms with Crippen LogP contribution in [0.1, 0.15) is 5.56 Å². The van der Waals surface area contributed by atoms with Crippen molar-refractivity contribution in [2.45, 2.75) is 6.92 Å². The van der Waals surface area contributed by atoms with Gasteiger partial charge in [0, 0.05) is 18.9 Å². The maximum Gasteiger partial charge on any atom is 1.00 e. The number of carbonyl (C=O) groups is 1. The third kappa shape index (κ3) is 4.81. The largest absolute Gasteiger partial charge is 1.00 e. The van der Waals surface area contributed by atoms with Crippen molar-refractivity contribution in [2.75, 3.05) is 0 Å². The van der Waals surface area contributed by atoms with E-state index in [2.05, 4.69) is 28.3 Å². The normalized spacial score (nSPS) is 8.31. The van der Waals surface area contributed by atoms with Gasteiger partial charge in [-0.15, -0.1) is 11.3 Å². The first-order valence-electron chi connectivity index (χ1n) is 4.16. The van der Waals surface area contributed by atoms with E-state index in [0.29, 0.717) is 0 Å². The van der Waals surface area contributed by atoms with Gasteiger partial charge in [-0.2, -0.15) is 0 Å². The Bertz CT molecular complexity index is 420. The molecule has 2 heterocycles. The summed E-state index contributed by atoms with van der Waals surface area (Å²) in [6, 6.07) is 3.91. The molecule has 2 rings (SSSR count). The standard InChI is InChI=1S/C9H8N2S.CH2O2.K/c1-7-3-6-12-8(7)9-10-4-2-5-11-9;2-1-3;/h2-6H,1H3;1H,(H,2,3);/q;;+1/p-1. The van der Waals surface area contributed by atoms with Gasteiger partial charge in [0.2, 0.25) is 0 Å². The van der Waals surface area contributed by atoms with Crippen molar-refractivity contribution in [1.82, 2.24) is 9.97 Å². The van der Waals surface area contributed by atoms with Crippen LogP contribution < -0.4 is 56.5 Å². The molecule has 0 aliphatic carbocycles. The molecule has 0 amide bonds. The van der Waals surface area contributed by atoms with E-state index in [1.54, 1.807) is 23.7 Å². The molecule has 0 aliphatic heterocycles. The van der Waals surface area contributed by atoms with Gasteiger partial charge in [-0.25, -0.2) is 9.97 Å². The predicted octanol–water partition coefficient (Wildman–Crippen LogP) is -2.12. The first-order chi connectivity index (χ1) is 7.29. The second-order valence-electron chi connectivity index (χ2n) is 2.60. The SMILES string of the molecule is Cc1ccsc1-c1ncccn1.O=C[O-].[K+]. The Kier molecular flexibility index (Phi) is 8.91. The number of aryl methyl sites for hydroxylation is 1. The van der Waals surface area contributed by atoms with Crippen LogP contribution in [0.25, 0.3) is 10.7 Å². The van der Waals surface area contributed by atoms with Gasteiger partial charge in [0.15, 0.2) is 5.82 Å². The molecular weight excluding hydrogens is 251 g/mol. The molecular formula is C10H9KN2O2S. The number of hydrogen-bond acceptors (Lipinski definition) is 5. The zero-order chi connectivity index (χ0) is 11.1. The van der Waals surface area contributed by atoms with Gasteiger partial charge < -0.3 is 9.90 Å². The fourth-order valence-electron chi connectivity index (χ4n) is 1.02. The zero-order valence-electron chi connectivity index (χ0n) is 9.08. The summed E-state index contributed by atoms with van der Waals surface area (Å²) in [5.41, 5.74) is 1.24. The minimum Gasteiger partial charge on any atom is -0.554 e.